The Balaban J connectivity index is 1.77. The second-order valence-corrected chi connectivity index (χ2v) is 6.73. The number of piperidine rings is 1. The molecular formula is C11H17N5O6S. The second-order valence-electron chi connectivity index (χ2n) is 5.73. The molecule has 3 rings (SSSR count). The molecule has 11 nitrogen and oxygen atoms in total. The van der Waals surface area contributed by atoms with Gasteiger partial charge in [0.15, 0.2) is 0 Å². The number of aromatic nitrogens is 2. The SMILES string of the molecule is CC(N)Cc1nnc(C2CCC3CN2C(=O)N3OS(=O)(=O)O)o1. The lowest BCUT2D eigenvalue weighted by molar-refractivity contribution is -0.0317. The average Bonchev–Trinajstić information content (AvgIpc) is 2.97. The first-order chi connectivity index (χ1) is 10.7. The van der Waals surface area contributed by atoms with Crippen LogP contribution in [0.5, 0.6) is 0 Å². The number of hydrogen-bond acceptors (Lipinski definition) is 8. The van der Waals surface area contributed by atoms with Crippen molar-refractivity contribution in [2.24, 2.45) is 5.73 Å². The molecule has 2 bridgehead atoms. The summed E-state index contributed by atoms with van der Waals surface area (Å²) in [4.78, 5) is 13.7. The highest BCUT2D eigenvalue weighted by Gasteiger charge is 2.49. The third-order valence-corrected chi connectivity index (χ3v) is 4.11. The van der Waals surface area contributed by atoms with E-state index in [1.165, 1.54) is 4.90 Å². The number of hydrogen-bond donors (Lipinski definition) is 2. The molecule has 12 heteroatoms. The lowest BCUT2D eigenvalue weighted by Crippen LogP contribution is -2.35. The van der Waals surface area contributed by atoms with Crippen LogP contribution >= 0.6 is 0 Å². The van der Waals surface area contributed by atoms with Crippen LogP contribution in [0.25, 0.3) is 0 Å². The van der Waals surface area contributed by atoms with Crippen molar-refractivity contribution >= 4 is 16.4 Å². The maximum atomic E-state index is 12.3. The number of urea groups is 1. The van der Waals surface area contributed by atoms with Gasteiger partial charge in [-0.1, -0.05) is 0 Å². The van der Waals surface area contributed by atoms with Gasteiger partial charge in [0.1, 0.15) is 6.04 Å². The zero-order valence-corrected chi connectivity index (χ0v) is 13.1. The van der Waals surface area contributed by atoms with Gasteiger partial charge in [0, 0.05) is 19.0 Å². The summed E-state index contributed by atoms with van der Waals surface area (Å²) in [6.07, 6.45) is 1.42. The predicted molar refractivity (Wildman–Crippen MR) is 74.0 cm³/mol. The fourth-order valence-electron chi connectivity index (χ4n) is 2.85. The minimum absolute atomic E-state index is 0.133. The van der Waals surface area contributed by atoms with E-state index in [0.29, 0.717) is 30.2 Å². The Kier molecular flexibility index (Phi) is 4.00. The maximum absolute atomic E-state index is 12.3. The molecule has 2 aliphatic heterocycles. The van der Waals surface area contributed by atoms with E-state index in [1.807, 2.05) is 6.92 Å². The topological polar surface area (TPSA) is 152 Å². The summed E-state index contributed by atoms with van der Waals surface area (Å²) in [5, 5.41) is 8.53. The predicted octanol–water partition coefficient (Wildman–Crippen LogP) is -0.365. The molecule has 0 radical (unpaired) electrons. The van der Waals surface area contributed by atoms with Crippen molar-refractivity contribution in [3.63, 3.8) is 0 Å². The number of nitrogens with two attached hydrogens (primary N) is 1. The molecule has 2 amide bonds. The summed E-state index contributed by atoms with van der Waals surface area (Å²) in [6, 6.07) is -1.71. The van der Waals surface area contributed by atoms with Gasteiger partial charge in [0.2, 0.25) is 11.8 Å². The molecule has 128 valence electrons. The lowest BCUT2D eigenvalue weighted by Gasteiger charge is -2.27. The van der Waals surface area contributed by atoms with Crippen LogP contribution in [0.4, 0.5) is 4.79 Å². The Morgan fingerprint density at radius 2 is 2.22 bits per heavy atom. The average molecular weight is 347 g/mol. The summed E-state index contributed by atoms with van der Waals surface area (Å²) in [5.41, 5.74) is 5.68. The van der Waals surface area contributed by atoms with E-state index in [2.05, 4.69) is 14.5 Å². The summed E-state index contributed by atoms with van der Waals surface area (Å²) in [7, 11) is -4.76. The zero-order chi connectivity index (χ0) is 16.8. The van der Waals surface area contributed by atoms with Gasteiger partial charge in [-0.2, -0.15) is 13.5 Å². The Morgan fingerprint density at radius 1 is 1.48 bits per heavy atom. The van der Waals surface area contributed by atoms with Crippen LogP contribution in [0.2, 0.25) is 0 Å². The normalized spacial score (nSPS) is 26.0. The van der Waals surface area contributed by atoms with Crippen LogP contribution in [-0.2, 0) is 21.1 Å². The smallest absolute Gasteiger partial charge is 0.418 e. The third-order valence-electron chi connectivity index (χ3n) is 3.76. The van der Waals surface area contributed by atoms with Gasteiger partial charge in [0.05, 0.1) is 6.04 Å². The van der Waals surface area contributed by atoms with E-state index >= 15 is 0 Å². The quantitative estimate of drug-likeness (QED) is 0.679. The number of hydroxylamine groups is 2. The lowest BCUT2D eigenvalue weighted by atomic mass is 10.0. The van der Waals surface area contributed by atoms with Crippen molar-refractivity contribution in [2.45, 2.75) is 44.3 Å². The summed E-state index contributed by atoms with van der Waals surface area (Å²) in [5.74, 6) is 0.663. The van der Waals surface area contributed by atoms with Crippen LogP contribution in [0.1, 0.15) is 37.6 Å². The highest BCUT2D eigenvalue weighted by Crippen LogP contribution is 2.38. The zero-order valence-electron chi connectivity index (χ0n) is 12.3. The highest BCUT2D eigenvalue weighted by atomic mass is 32.3. The van der Waals surface area contributed by atoms with Gasteiger partial charge in [-0.3, -0.25) is 4.55 Å². The monoisotopic (exact) mass is 347 g/mol. The second kappa shape index (κ2) is 5.70. The highest BCUT2D eigenvalue weighted by molar-refractivity contribution is 7.80. The van der Waals surface area contributed by atoms with Gasteiger partial charge < -0.3 is 15.1 Å². The Hall–Kier alpha value is -1.76. The summed E-state index contributed by atoms with van der Waals surface area (Å²) in [6.45, 7) is 2.06. The van der Waals surface area contributed by atoms with Gasteiger partial charge in [-0.25, -0.2) is 4.79 Å². The van der Waals surface area contributed by atoms with Crippen molar-refractivity contribution in [1.82, 2.24) is 20.2 Å². The first-order valence-corrected chi connectivity index (χ1v) is 8.46. The van der Waals surface area contributed by atoms with Gasteiger partial charge >= 0.3 is 16.4 Å². The molecule has 3 N–H and O–H groups in total. The summed E-state index contributed by atoms with van der Waals surface area (Å²) >= 11 is 0. The number of nitrogens with zero attached hydrogens (tertiary/aromatic N) is 4. The molecule has 0 spiro atoms. The Labute approximate surface area is 132 Å². The van der Waals surface area contributed by atoms with Crippen molar-refractivity contribution in [3.8, 4) is 0 Å². The standard InChI is InChI=1S/C11H17N5O6S/c1-6(12)4-9-13-14-10(21-9)8-3-2-7-5-15(8)11(17)16(7)22-23(18,19)20/h6-8H,2-5,12H2,1H3,(H,18,19,20). The molecule has 0 aliphatic carbocycles. The van der Waals surface area contributed by atoms with Crippen LogP contribution < -0.4 is 5.73 Å². The van der Waals surface area contributed by atoms with Crippen molar-refractivity contribution in [3.05, 3.63) is 11.8 Å². The molecule has 23 heavy (non-hydrogen) atoms. The van der Waals surface area contributed by atoms with E-state index in [9.17, 15) is 13.2 Å². The van der Waals surface area contributed by atoms with E-state index in [0.717, 1.165) is 0 Å². The molecule has 1 aromatic heterocycles. The minimum atomic E-state index is -4.76. The van der Waals surface area contributed by atoms with Crippen LogP contribution in [0.3, 0.4) is 0 Å². The number of rotatable bonds is 5. The fraction of sp³-hybridized carbons (Fsp3) is 0.727. The molecule has 2 aliphatic rings. The number of fused-ring (bicyclic) bond motifs is 2. The number of carbonyl (C=O) groups excluding carboxylic acids is 1. The van der Waals surface area contributed by atoms with Gasteiger partial charge in [0.25, 0.3) is 0 Å². The van der Waals surface area contributed by atoms with E-state index < -0.39 is 28.5 Å². The summed E-state index contributed by atoms with van der Waals surface area (Å²) < 4.78 is 40.4. The van der Waals surface area contributed by atoms with Crippen LogP contribution in [-0.4, -0.2) is 57.8 Å². The molecule has 3 heterocycles. The van der Waals surface area contributed by atoms with Crippen LogP contribution in [0, 0.1) is 0 Å². The first-order valence-electron chi connectivity index (χ1n) is 7.09. The number of carbonyl (C=O) groups is 1. The van der Waals surface area contributed by atoms with Crippen molar-refractivity contribution < 1.29 is 26.5 Å². The fourth-order valence-corrected chi connectivity index (χ4v) is 3.24. The first kappa shape index (κ1) is 16.1. The molecule has 0 aromatic carbocycles. The van der Waals surface area contributed by atoms with Gasteiger partial charge in [-0.15, -0.1) is 14.5 Å². The Morgan fingerprint density at radius 3 is 2.87 bits per heavy atom. The molecule has 2 fully saturated rings. The Bertz CT molecular complexity index is 704. The molecule has 3 atom stereocenters. The van der Waals surface area contributed by atoms with E-state index in [1.54, 1.807) is 0 Å². The van der Waals surface area contributed by atoms with Crippen molar-refractivity contribution in [2.75, 3.05) is 6.54 Å². The molecule has 0 saturated carbocycles. The maximum Gasteiger partial charge on any atom is 0.418 e. The molecule has 1 aromatic rings. The molecule has 2 saturated heterocycles. The minimum Gasteiger partial charge on any atom is -0.423 e. The molecule has 3 unspecified atom stereocenters. The van der Waals surface area contributed by atoms with Crippen LogP contribution in [0.15, 0.2) is 4.42 Å². The van der Waals surface area contributed by atoms with Gasteiger partial charge in [-0.05, 0) is 19.8 Å². The number of amides is 2. The van der Waals surface area contributed by atoms with Crippen molar-refractivity contribution in [1.29, 1.82) is 0 Å². The molecular weight excluding hydrogens is 330 g/mol. The largest absolute Gasteiger partial charge is 0.423 e. The third kappa shape index (κ3) is 3.29. The van der Waals surface area contributed by atoms with E-state index in [4.69, 9.17) is 14.7 Å². The van der Waals surface area contributed by atoms with E-state index in [-0.39, 0.29) is 18.5 Å².